The fourth-order valence-corrected chi connectivity index (χ4v) is 3.22. The quantitative estimate of drug-likeness (QED) is 0.793. The van der Waals surface area contributed by atoms with E-state index in [9.17, 15) is 13.2 Å². The highest BCUT2D eigenvalue weighted by molar-refractivity contribution is 7.89. The number of carbonyl (C=O) groups excluding carboxylic acids is 1. The number of likely N-dealkylation sites (N-methyl/N-ethyl adjacent to an activating group) is 1. The number of hydrogen-bond acceptors (Lipinski definition) is 4. The summed E-state index contributed by atoms with van der Waals surface area (Å²) in [5.74, 6) is 0.400. The van der Waals surface area contributed by atoms with Crippen molar-refractivity contribution in [1.29, 1.82) is 0 Å². The Morgan fingerprint density at radius 2 is 1.79 bits per heavy atom. The van der Waals surface area contributed by atoms with Crippen molar-refractivity contribution < 1.29 is 17.9 Å². The average Bonchev–Trinajstić information content (AvgIpc) is 2.41. The smallest absolute Gasteiger partial charge is 0.243 e. The minimum Gasteiger partial charge on any atom is -0.497 e. The SMILES string of the molecule is COc1ccc(S(=O)(=O)N2CCN(C)C(=O)C2)cc1. The van der Waals surface area contributed by atoms with E-state index in [2.05, 4.69) is 0 Å². The second-order valence-electron chi connectivity index (χ2n) is 4.33. The highest BCUT2D eigenvalue weighted by Crippen LogP contribution is 2.20. The average molecular weight is 284 g/mol. The van der Waals surface area contributed by atoms with Gasteiger partial charge in [0, 0.05) is 20.1 Å². The number of rotatable bonds is 3. The number of ether oxygens (including phenoxy) is 1. The molecule has 0 spiro atoms. The van der Waals surface area contributed by atoms with Gasteiger partial charge in [0.2, 0.25) is 15.9 Å². The molecule has 0 aliphatic carbocycles. The summed E-state index contributed by atoms with van der Waals surface area (Å²) in [6, 6.07) is 6.14. The van der Waals surface area contributed by atoms with Crippen molar-refractivity contribution in [2.24, 2.45) is 0 Å². The Bertz CT molecular complexity index is 568. The molecule has 1 saturated heterocycles. The zero-order chi connectivity index (χ0) is 14.0. The lowest BCUT2D eigenvalue weighted by molar-refractivity contribution is -0.132. The normalized spacial score (nSPS) is 17.6. The van der Waals surface area contributed by atoms with Crippen molar-refractivity contribution in [1.82, 2.24) is 9.21 Å². The molecule has 1 aromatic rings. The van der Waals surface area contributed by atoms with Gasteiger partial charge in [-0.05, 0) is 24.3 Å². The first-order chi connectivity index (χ1) is 8.95. The van der Waals surface area contributed by atoms with Gasteiger partial charge in [-0.25, -0.2) is 8.42 Å². The van der Waals surface area contributed by atoms with E-state index in [4.69, 9.17) is 4.74 Å². The fraction of sp³-hybridized carbons (Fsp3) is 0.417. The first-order valence-electron chi connectivity index (χ1n) is 5.83. The van der Waals surface area contributed by atoms with Gasteiger partial charge >= 0.3 is 0 Å². The maximum atomic E-state index is 12.4. The number of sulfonamides is 1. The number of benzene rings is 1. The molecule has 0 N–H and O–H groups in total. The molecule has 1 aliphatic heterocycles. The predicted octanol–water partition coefficient (Wildman–Crippen LogP) is 0.158. The third-order valence-corrected chi connectivity index (χ3v) is 4.98. The second-order valence-corrected chi connectivity index (χ2v) is 6.27. The molecule has 0 radical (unpaired) electrons. The Kier molecular flexibility index (Phi) is 3.77. The van der Waals surface area contributed by atoms with Crippen LogP contribution >= 0.6 is 0 Å². The van der Waals surface area contributed by atoms with E-state index in [1.54, 1.807) is 19.2 Å². The van der Waals surface area contributed by atoms with Gasteiger partial charge in [-0.2, -0.15) is 4.31 Å². The van der Waals surface area contributed by atoms with Crippen LogP contribution in [0.4, 0.5) is 0 Å². The molecular weight excluding hydrogens is 268 g/mol. The fourth-order valence-electron chi connectivity index (χ4n) is 1.84. The molecule has 2 rings (SSSR count). The first-order valence-corrected chi connectivity index (χ1v) is 7.27. The van der Waals surface area contributed by atoms with E-state index in [-0.39, 0.29) is 17.3 Å². The topological polar surface area (TPSA) is 66.9 Å². The van der Waals surface area contributed by atoms with Crippen LogP contribution in [0, 0.1) is 0 Å². The lowest BCUT2D eigenvalue weighted by atomic mass is 10.3. The van der Waals surface area contributed by atoms with E-state index in [0.29, 0.717) is 18.8 Å². The number of amides is 1. The van der Waals surface area contributed by atoms with E-state index in [1.165, 1.54) is 28.4 Å². The van der Waals surface area contributed by atoms with Crippen molar-refractivity contribution >= 4 is 15.9 Å². The van der Waals surface area contributed by atoms with Crippen molar-refractivity contribution in [2.45, 2.75) is 4.90 Å². The van der Waals surface area contributed by atoms with Crippen molar-refractivity contribution in [3.63, 3.8) is 0 Å². The molecule has 7 heteroatoms. The van der Waals surface area contributed by atoms with Crippen LogP contribution in [-0.4, -0.2) is 57.3 Å². The van der Waals surface area contributed by atoms with Gasteiger partial charge in [-0.15, -0.1) is 0 Å². The van der Waals surface area contributed by atoms with Gasteiger partial charge in [0.1, 0.15) is 5.75 Å². The molecule has 0 bridgehead atoms. The Labute approximate surface area is 112 Å². The molecule has 1 heterocycles. The van der Waals surface area contributed by atoms with E-state index in [1.807, 2.05) is 0 Å². The highest BCUT2D eigenvalue weighted by atomic mass is 32.2. The van der Waals surface area contributed by atoms with Crippen LogP contribution in [0.15, 0.2) is 29.2 Å². The number of piperazine rings is 1. The van der Waals surface area contributed by atoms with Crippen LogP contribution in [0.1, 0.15) is 0 Å². The van der Waals surface area contributed by atoms with Crippen molar-refractivity contribution in [3.8, 4) is 5.75 Å². The molecule has 19 heavy (non-hydrogen) atoms. The lowest BCUT2D eigenvalue weighted by Gasteiger charge is -2.31. The number of carbonyl (C=O) groups is 1. The molecule has 0 atom stereocenters. The van der Waals surface area contributed by atoms with Crippen LogP contribution in [0.2, 0.25) is 0 Å². The van der Waals surface area contributed by atoms with Crippen LogP contribution in [0.25, 0.3) is 0 Å². The van der Waals surface area contributed by atoms with E-state index >= 15 is 0 Å². The minimum absolute atomic E-state index is 0.106. The lowest BCUT2D eigenvalue weighted by Crippen LogP contribution is -2.50. The van der Waals surface area contributed by atoms with Crippen LogP contribution < -0.4 is 4.74 Å². The van der Waals surface area contributed by atoms with Gasteiger partial charge < -0.3 is 9.64 Å². The van der Waals surface area contributed by atoms with Crippen molar-refractivity contribution in [2.75, 3.05) is 33.8 Å². The third kappa shape index (κ3) is 2.71. The summed E-state index contributed by atoms with van der Waals surface area (Å²) in [5.41, 5.74) is 0. The monoisotopic (exact) mass is 284 g/mol. The van der Waals surface area contributed by atoms with Gasteiger partial charge in [0.05, 0.1) is 18.6 Å². The van der Waals surface area contributed by atoms with E-state index < -0.39 is 10.0 Å². The van der Waals surface area contributed by atoms with Crippen molar-refractivity contribution in [3.05, 3.63) is 24.3 Å². The minimum atomic E-state index is -3.61. The summed E-state index contributed by atoms with van der Waals surface area (Å²) in [6.07, 6.45) is 0. The van der Waals surface area contributed by atoms with Gasteiger partial charge in [0.15, 0.2) is 0 Å². The molecular formula is C12H16N2O4S. The number of nitrogens with zero attached hydrogens (tertiary/aromatic N) is 2. The zero-order valence-corrected chi connectivity index (χ0v) is 11.7. The molecule has 104 valence electrons. The molecule has 0 saturated carbocycles. The van der Waals surface area contributed by atoms with Gasteiger partial charge in [0.25, 0.3) is 0 Å². The second kappa shape index (κ2) is 5.18. The summed E-state index contributed by atoms with van der Waals surface area (Å²) in [6.45, 7) is 0.621. The Hall–Kier alpha value is -1.60. The third-order valence-electron chi connectivity index (χ3n) is 3.12. The van der Waals surface area contributed by atoms with Crippen LogP contribution in [-0.2, 0) is 14.8 Å². The molecule has 0 unspecified atom stereocenters. The molecule has 1 amide bonds. The summed E-state index contributed by atoms with van der Waals surface area (Å²) >= 11 is 0. The molecule has 6 nitrogen and oxygen atoms in total. The highest BCUT2D eigenvalue weighted by Gasteiger charge is 2.31. The molecule has 0 aromatic heterocycles. The zero-order valence-electron chi connectivity index (χ0n) is 10.9. The maximum absolute atomic E-state index is 12.4. The number of hydrogen-bond donors (Lipinski definition) is 0. The van der Waals surface area contributed by atoms with Gasteiger partial charge in [-0.3, -0.25) is 4.79 Å². The Morgan fingerprint density at radius 3 is 2.32 bits per heavy atom. The number of methoxy groups -OCH3 is 1. The molecule has 1 fully saturated rings. The van der Waals surface area contributed by atoms with Gasteiger partial charge in [-0.1, -0.05) is 0 Å². The summed E-state index contributed by atoms with van der Waals surface area (Å²) < 4.78 is 30.9. The van der Waals surface area contributed by atoms with Crippen LogP contribution in [0.5, 0.6) is 5.75 Å². The summed E-state index contributed by atoms with van der Waals surface area (Å²) in [4.78, 5) is 13.3. The Morgan fingerprint density at radius 1 is 1.16 bits per heavy atom. The van der Waals surface area contributed by atoms with E-state index in [0.717, 1.165) is 0 Å². The Balaban J connectivity index is 2.24. The maximum Gasteiger partial charge on any atom is 0.243 e. The first kappa shape index (κ1) is 13.8. The van der Waals surface area contributed by atoms with Crippen LogP contribution in [0.3, 0.4) is 0 Å². The largest absolute Gasteiger partial charge is 0.497 e. The predicted molar refractivity (Wildman–Crippen MR) is 69.4 cm³/mol. The molecule has 1 aliphatic rings. The summed E-state index contributed by atoms with van der Waals surface area (Å²) in [5, 5.41) is 0. The summed E-state index contributed by atoms with van der Waals surface area (Å²) in [7, 11) is -0.430. The standard InChI is InChI=1S/C12H16N2O4S/c1-13-7-8-14(9-12(13)15)19(16,17)11-5-3-10(18-2)4-6-11/h3-6H,7-9H2,1-2H3. The molecule has 1 aromatic carbocycles.